The number of halogens is 2. The largest absolute Gasteiger partial charge is 0.480 e. The lowest BCUT2D eigenvalue weighted by Crippen LogP contribution is -2.27. The molecule has 0 radical (unpaired) electrons. The molecule has 2 aromatic carbocycles. The Labute approximate surface area is 150 Å². The Balaban J connectivity index is 2.26. The van der Waals surface area contributed by atoms with Gasteiger partial charge in [0.1, 0.15) is 17.7 Å². The first kappa shape index (κ1) is 17.9. The van der Waals surface area contributed by atoms with E-state index in [-0.39, 0.29) is 21.5 Å². The van der Waals surface area contributed by atoms with Crippen molar-refractivity contribution in [3.63, 3.8) is 0 Å². The van der Waals surface area contributed by atoms with Crippen LogP contribution >= 0.6 is 11.3 Å². The van der Waals surface area contributed by atoms with Crippen LogP contribution in [0.2, 0.25) is 0 Å². The summed E-state index contributed by atoms with van der Waals surface area (Å²) in [7, 11) is 0. The molecule has 5 nitrogen and oxygen atoms in total. The van der Waals surface area contributed by atoms with E-state index in [2.05, 4.69) is 4.99 Å². The summed E-state index contributed by atoms with van der Waals surface area (Å²) in [5.74, 6) is -2.96. The van der Waals surface area contributed by atoms with Crippen molar-refractivity contribution in [3.8, 4) is 0 Å². The number of amides is 1. The lowest BCUT2D eigenvalue weighted by atomic mass is 10.2. The fraction of sp³-hybridized carbons (Fsp3) is 0.167. The van der Waals surface area contributed by atoms with Crippen LogP contribution < -0.4 is 4.80 Å². The Morgan fingerprint density at radius 2 is 1.96 bits per heavy atom. The number of nitrogens with zero attached hydrogens (tertiary/aromatic N) is 2. The van der Waals surface area contributed by atoms with Gasteiger partial charge in [0.25, 0.3) is 5.91 Å². The summed E-state index contributed by atoms with van der Waals surface area (Å²) < 4.78 is 29.0. The van der Waals surface area contributed by atoms with Crippen LogP contribution in [0.1, 0.15) is 29.7 Å². The zero-order valence-corrected chi connectivity index (χ0v) is 14.5. The van der Waals surface area contributed by atoms with Crippen molar-refractivity contribution in [2.75, 3.05) is 0 Å². The second-order valence-electron chi connectivity index (χ2n) is 5.53. The van der Waals surface area contributed by atoms with Gasteiger partial charge in [0.15, 0.2) is 4.80 Å². The van der Waals surface area contributed by atoms with E-state index in [9.17, 15) is 23.5 Å². The van der Waals surface area contributed by atoms with Crippen molar-refractivity contribution in [3.05, 3.63) is 64.5 Å². The van der Waals surface area contributed by atoms with Gasteiger partial charge in [-0.2, -0.15) is 4.99 Å². The van der Waals surface area contributed by atoms with Gasteiger partial charge in [-0.1, -0.05) is 30.4 Å². The van der Waals surface area contributed by atoms with Crippen LogP contribution in [0.25, 0.3) is 10.2 Å². The zero-order chi connectivity index (χ0) is 18.8. The third-order valence-corrected chi connectivity index (χ3v) is 4.94. The summed E-state index contributed by atoms with van der Waals surface area (Å²) in [4.78, 5) is 28.0. The van der Waals surface area contributed by atoms with Crippen molar-refractivity contribution < 1.29 is 23.5 Å². The minimum atomic E-state index is -1.11. The van der Waals surface area contributed by atoms with E-state index in [0.29, 0.717) is 5.52 Å². The third kappa shape index (κ3) is 3.28. The Bertz CT molecular complexity index is 1070. The number of rotatable bonds is 4. The van der Waals surface area contributed by atoms with Gasteiger partial charge in [-0.25, -0.2) is 13.6 Å². The summed E-state index contributed by atoms with van der Waals surface area (Å²) in [6.07, 6.45) is 0.221. The normalized spacial score (nSPS) is 13.1. The van der Waals surface area contributed by atoms with E-state index in [1.807, 2.05) is 0 Å². The van der Waals surface area contributed by atoms with E-state index in [0.717, 1.165) is 17.4 Å². The Morgan fingerprint density at radius 3 is 2.62 bits per heavy atom. The molecule has 1 N–H and O–H groups in total. The number of thiazole rings is 1. The molecule has 26 heavy (non-hydrogen) atoms. The highest BCUT2D eigenvalue weighted by Crippen LogP contribution is 2.25. The van der Waals surface area contributed by atoms with E-state index >= 15 is 0 Å². The second-order valence-corrected chi connectivity index (χ2v) is 6.51. The molecule has 1 aromatic heterocycles. The zero-order valence-electron chi connectivity index (χ0n) is 13.6. The van der Waals surface area contributed by atoms with E-state index < -0.39 is 29.6 Å². The Morgan fingerprint density at radius 1 is 1.23 bits per heavy atom. The minimum Gasteiger partial charge on any atom is -0.480 e. The maximum absolute atomic E-state index is 14.1. The molecule has 1 unspecified atom stereocenters. The fourth-order valence-electron chi connectivity index (χ4n) is 2.65. The number of benzene rings is 2. The van der Waals surface area contributed by atoms with Gasteiger partial charge in [0.2, 0.25) is 0 Å². The van der Waals surface area contributed by atoms with E-state index in [1.165, 1.54) is 34.9 Å². The van der Waals surface area contributed by atoms with Crippen LogP contribution in [0.4, 0.5) is 8.78 Å². The first-order chi connectivity index (χ1) is 12.4. The van der Waals surface area contributed by atoms with Gasteiger partial charge >= 0.3 is 5.97 Å². The number of carbonyl (C=O) groups excluding carboxylic acids is 1. The van der Waals surface area contributed by atoms with Gasteiger partial charge in [0, 0.05) is 5.56 Å². The highest BCUT2D eigenvalue weighted by Gasteiger charge is 2.23. The van der Waals surface area contributed by atoms with Gasteiger partial charge < -0.3 is 9.67 Å². The predicted molar refractivity (Wildman–Crippen MR) is 93.0 cm³/mol. The molecule has 0 aliphatic rings. The van der Waals surface area contributed by atoms with E-state index in [1.54, 1.807) is 13.0 Å². The summed E-state index contributed by atoms with van der Waals surface area (Å²) >= 11 is 0.882. The van der Waals surface area contributed by atoms with Gasteiger partial charge in [-0.15, -0.1) is 0 Å². The maximum atomic E-state index is 14.1. The van der Waals surface area contributed by atoms with Crippen LogP contribution in [-0.2, 0) is 4.79 Å². The topological polar surface area (TPSA) is 71.7 Å². The number of aromatic nitrogens is 1. The van der Waals surface area contributed by atoms with E-state index in [4.69, 9.17) is 0 Å². The summed E-state index contributed by atoms with van der Waals surface area (Å²) in [5.41, 5.74) is 0.368. The summed E-state index contributed by atoms with van der Waals surface area (Å²) in [6, 6.07) is 8.31. The molecule has 3 rings (SSSR count). The first-order valence-corrected chi connectivity index (χ1v) is 8.61. The molecule has 0 spiro atoms. The van der Waals surface area contributed by atoms with Crippen LogP contribution in [0.5, 0.6) is 0 Å². The average Bonchev–Trinajstić information content (AvgIpc) is 2.95. The molecule has 0 saturated heterocycles. The molecule has 0 aliphatic carbocycles. The molecule has 134 valence electrons. The average molecular weight is 376 g/mol. The highest BCUT2D eigenvalue weighted by atomic mass is 32.1. The number of carbonyl (C=O) groups is 2. The fourth-order valence-corrected chi connectivity index (χ4v) is 3.72. The second kappa shape index (κ2) is 7.17. The lowest BCUT2D eigenvalue weighted by Gasteiger charge is -2.13. The molecule has 0 fully saturated rings. The predicted octanol–water partition coefficient (Wildman–Crippen LogP) is 3.76. The van der Waals surface area contributed by atoms with Crippen LogP contribution in [0, 0.1) is 11.6 Å². The lowest BCUT2D eigenvalue weighted by molar-refractivity contribution is -0.140. The van der Waals surface area contributed by atoms with Crippen molar-refractivity contribution in [1.82, 2.24) is 4.57 Å². The molecule has 1 amide bonds. The van der Waals surface area contributed by atoms with Gasteiger partial charge in [0.05, 0.1) is 10.2 Å². The Kier molecular flexibility index (Phi) is 4.94. The highest BCUT2D eigenvalue weighted by molar-refractivity contribution is 7.16. The first-order valence-electron chi connectivity index (χ1n) is 7.79. The summed E-state index contributed by atoms with van der Waals surface area (Å²) in [6.45, 7) is 1.67. The van der Waals surface area contributed by atoms with Crippen LogP contribution in [-0.4, -0.2) is 21.6 Å². The molecule has 0 aliphatic heterocycles. The van der Waals surface area contributed by atoms with Crippen molar-refractivity contribution >= 4 is 33.4 Å². The SMILES string of the molecule is CCC(C(=O)O)n1c(=NC(=O)c2cccc(F)c2)sc2c(F)cccc21. The third-order valence-electron chi connectivity index (χ3n) is 3.86. The molecular weight excluding hydrogens is 362 g/mol. The van der Waals surface area contributed by atoms with Gasteiger partial charge in [-0.3, -0.25) is 4.79 Å². The Hall–Kier alpha value is -2.87. The molecule has 0 bridgehead atoms. The maximum Gasteiger partial charge on any atom is 0.326 e. The smallest absolute Gasteiger partial charge is 0.326 e. The monoisotopic (exact) mass is 376 g/mol. The number of fused-ring (bicyclic) bond motifs is 1. The molecule has 1 heterocycles. The van der Waals surface area contributed by atoms with Crippen molar-refractivity contribution in [2.45, 2.75) is 19.4 Å². The van der Waals surface area contributed by atoms with Crippen molar-refractivity contribution in [2.24, 2.45) is 4.99 Å². The molecular formula is C18H14F2N2O3S. The summed E-state index contributed by atoms with van der Waals surface area (Å²) in [5, 5.41) is 9.50. The molecule has 1 atom stereocenters. The number of carboxylic acids is 1. The van der Waals surface area contributed by atoms with Crippen LogP contribution in [0.15, 0.2) is 47.5 Å². The minimum absolute atomic E-state index is 0.0258. The molecule has 3 aromatic rings. The quantitative estimate of drug-likeness (QED) is 0.754. The van der Waals surface area contributed by atoms with Crippen molar-refractivity contribution in [1.29, 1.82) is 0 Å². The molecule has 0 saturated carbocycles. The standard InChI is InChI=1S/C18H14F2N2O3S/c1-2-13(17(24)25)22-14-8-4-7-12(20)15(14)26-18(22)21-16(23)10-5-3-6-11(19)9-10/h3-9,13H,2H2,1H3,(H,24,25). The van der Waals surface area contributed by atoms with Crippen LogP contribution in [0.3, 0.4) is 0 Å². The van der Waals surface area contributed by atoms with Gasteiger partial charge in [-0.05, 0) is 36.8 Å². The molecule has 8 heteroatoms. The number of hydrogen-bond donors (Lipinski definition) is 1. The number of aliphatic carboxylic acids is 1. The number of carboxylic acid groups (broad SMARTS) is 1. The number of hydrogen-bond acceptors (Lipinski definition) is 3.